The molecule has 0 fully saturated rings. The molecule has 0 unspecified atom stereocenters. The Morgan fingerprint density at radius 1 is 0.487 bits per heavy atom. The first-order valence-corrected chi connectivity index (χ1v) is 13.4. The second-order valence-corrected chi connectivity index (χ2v) is 10.3. The minimum absolute atomic E-state index is 0.920. The standard InChI is InChI=1S/C37H25NO/c1-24-9-6-12-28(21-24)38-34-17-4-2-13-30(34)32-16-8-15-29(37(32)38)27-11-7-10-25(22-27)26-19-20-36-33(23-26)31-14-3-5-18-35(31)39-36/h2-23H,1H3. The van der Waals surface area contributed by atoms with Crippen LogP contribution in [-0.4, -0.2) is 4.57 Å². The third-order valence-electron chi connectivity index (χ3n) is 7.84. The van der Waals surface area contributed by atoms with E-state index in [2.05, 4.69) is 133 Å². The van der Waals surface area contributed by atoms with Crippen molar-refractivity contribution >= 4 is 43.7 Å². The molecule has 0 aliphatic heterocycles. The highest BCUT2D eigenvalue weighted by Gasteiger charge is 2.17. The molecule has 0 aliphatic carbocycles. The third kappa shape index (κ3) is 3.42. The van der Waals surface area contributed by atoms with Gasteiger partial charge in [-0.05, 0) is 71.6 Å². The molecule has 0 atom stereocenters. The third-order valence-corrected chi connectivity index (χ3v) is 7.84. The first-order chi connectivity index (χ1) is 19.2. The largest absolute Gasteiger partial charge is 0.456 e. The number of aromatic nitrogens is 1. The summed E-state index contributed by atoms with van der Waals surface area (Å²) < 4.78 is 8.49. The Bertz CT molecular complexity index is 2190. The number of aryl methyl sites for hydroxylation is 1. The van der Waals surface area contributed by atoms with Crippen LogP contribution < -0.4 is 0 Å². The van der Waals surface area contributed by atoms with E-state index in [1.54, 1.807) is 0 Å². The van der Waals surface area contributed by atoms with Crippen LogP contribution >= 0.6 is 0 Å². The maximum absolute atomic E-state index is 6.07. The fourth-order valence-corrected chi connectivity index (χ4v) is 6.06. The zero-order valence-electron chi connectivity index (χ0n) is 21.6. The molecule has 0 amide bonds. The monoisotopic (exact) mass is 499 g/mol. The predicted molar refractivity (Wildman–Crippen MR) is 164 cm³/mol. The molecule has 0 saturated heterocycles. The van der Waals surface area contributed by atoms with Gasteiger partial charge in [0.05, 0.1) is 11.0 Å². The van der Waals surface area contributed by atoms with Crippen LogP contribution in [0.4, 0.5) is 0 Å². The van der Waals surface area contributed by atoms with Crippen molar-refractivity contribution in [2.75, 3.05) is 0 Å². The molecular formula is C37H25NO. The van der Waals surface area contributed by atoms with Crippen molar-refractivity contribution in [3.05, 3.63) is 139 Å². The van der Waals surface area contributed by atoms with E-state index in [1.807, 2.05) is 12.1 Å². The van der Waals surface area contributed by atoms with E-state index < -0.39 is 0 Å². The van der Waals surface area contributed by atoms with Crippen LogP contribution in [0.15, 0.2) is 138 Å². The average Bonchev–Trinajstić information content (AvgIpc) is 3.53. The molecule has 39 heavy (non-hydrogen) atoms. The first-order valence-electron chi connectivity index (χ1n) is 13.4. The highest BCUT2D eigenvalue weighted by Crippen LogP contribution is 2.39. The number of hydrogen-bond donors (Lipinski definition) is 0. The molecule has 0 N–H and O–H groups in total. The summed E-state index contributed by atoms with van der Waals surface area (Å²) in [5.41, 5.74) is 11.5. The highest BCUT2D eigenvalue weighted by atomic mass is 16.3. The summed E-state index contributed by atoms with van der Waals surface area (Å²) in [4.78, 5) is 0. The number of nitrogens with zero attached hydrogens (tertiary/aromatic N) is 1. The second kappa shape index (κ2) is 8.47. The normalized spacial score (nSPS) is 11.7. The Kier molecular flexibility index (Phi) is 4.77. The van der Waals surface area contributed by atoms with Crippen LogP contribution in [0.3, 0.4) is 0 Å². The van der Waals surface area contributed by atoms with Gasteiger partial charge >= 0.3 is 0 Å². The van der Waals surface area contributed by atoms with Gasteiger partial charge in [0.25, 0.3) is 0 Å². The average molecular weight is 500 g/mol. The lowest BCUT2D eigenvalue weighted by atomic mass is 9.96. The van der Waals surface area contributed by atoms with Crippen molar-refractivity contribution in [2.45, 2.75) is 6.92 Å². The van der Waals surface area contributed by atoms with Crippen LogP contribution in [0.5, 0.6) is 0 Å². The summed E-state index contributed by atoms with van der Waals surface area (Å²) in [6, 6.07) is 47.8. The molecule has 0 saturated carbocycles. The van der Waals surface area contributed by atoms with Crippen molar-refractivity contribution < 1.29 is 4.42 Å². The van der Waals surface area contributed by atoms with Crippen LogP contribution in [0.25, 0.3) is 71.7 Å². The Morgan fingerprint density at radius 2 is 1.21 bits per heavy atom. The van der Waals surface area contributed by atoms with Crippen LogP contribution in [-0.2, 0) is 0 Å². The molecule has 8 aromatic rings. The van der Waals surface area contributed by atoms with Gasteiger partial charge < -0.3 is 8.98 Å². The lowest BCUT2D eigenvalue weighted by Crippen LogP contribution is -1.96. The van der Waals surface area contributed by atoms with Gasteiger partial charge in [-0.15, -0.1) is 0 Å². The summed E-state index contributed by atoms with van der Waals surface area (Å²) in [5, 5.41) is 4.83. The molecule has 6 aromatic carbocycles. The molecule has 0 aliphatic rings. The molecule has 8 rings (SSSR count). The lowest BCUT2D eigenvalue weighted by Gasteiger charge is -2.13. The van der Waals surface area contributed by atoms with E-state index in [0.717, 1.165) is 21.9 Å². The zero-order chi connectivity index (χ0) is 25.9. The van der Waals surface area contributed by atoms with Gasteiger partial charge in [0.2, 0.25) is 0 Å². The first kappa shape index (κ1) is 22.0. The number of hydrogen-bond acceptors (Lipinski definition) is 1. The molecule has 2 heterocycles. The number of rotatable bonds is 3. The Morgan fingerprint density at radius 3 is 2.13 bits per heavy atom. The van der Waals surface area contributed by atoms with Crippen molar-refractivity contribution in [3.63, 3.8) is 0 Å². The molecular weight excluding hydrogens is 474 g/mol. The number of fused-ring (bicyclic) bond motifs is 6. The van der Waals surface area contributed by atoms with Gasteiger partial charge in [-0.3, -0.25) is 0 Å². The molecule has 0 bridgehead atoms. The zero-order valence-corrected chi connectivity index (χ0v) is 21.6. The maximum Gasteiger partial charge on any atom is 0.135 e. The van der Waals surface area contributed by atoms with E-state index in [-0.39, 0.29) is 0 Å². The van der Waals surface area contributed by atoms with Crippen LogP contribution in [0.1, 0.15) is 5.56 Å². The fraction of sp³-hybridized carbons (Fsp3) is 0.0270. The van der Waals surface area contributed by atoms with Crippen molar-refractivity contribution in [3.8, 4) is 27.9 Å². The highest BCUT2D eigenvalue weighted by molar-refractivity contribution is 6.14. The number of benzene rings is 6. The van der Waals surface area contributed by atoms with Crippen molar-refractivity contribution in [2.24, 2.45) is 0 Å². The van der Waals surface area contributed by atoms with E-state index >= 15 is 0 Å². The number of para-hydroxylation sites is 3. The van der Waals surface area contributed by atoms with Gasteiger partial charge in [0.15, 0.2) is 0 Å². The SMILES string of the molecule is Cc1cccc(-n2c3ccccc3c3cccc(-c4cccc(-c5ccc6oc7ccccc7c6c5)c4)c32)c1. The van der Waals surface area contributed by atoms with Gasteiger partial charge in [-0.2, -0.15) is 0 Å². The summed E-state index contributed by atoms with van der Waals surface area (Å²) in [5.74, 6) is 0. The summed E-state index contributed by atoms with van der Waals surface area (Å²) in [6.45, 7) is 2.15. The predicted octanol–water partition coefficient (Wildman–Crippen LogP) is 10.3. The molecule has 0 radical (unpaired) electrons. The van der Waals surface area contributed by atoms with Gasteiger partial charge in [0, 0.05) is 32.8 Å². The summed E-state index contributed by atoms with van der Waals surface area (Å²) in [6.07, 6.45) is 0. The van der Waals surface area contributed by atoms with Crippen molar-refractivity contribution in [1.29, 1.82) is 0 Å². The van der Waals surface area contributed by atoms with E-state index in [4.69, 9.17) is 4.42 Å². The molecule has 0 spiro atoms. The molecule has 184 valence electrons. The smallest absolute Gasteiger partial charge is 0.135 e. The van der Waals surface area contributed by atoms with E-state index in [9.17, 15) is 0 Å². The molecule has 2 heteroatoms. The van der Waals surface area contributed by atoms with Gasteiger partial charge in [-0.1, -0.05) is 91.0 Å². The lowest BCUT2D eigenvalue weighted by molar-refractivity contribution is 0.669. The second-order valence-electron chi connectivity index (χ2n) is 10.3. The van der Waals surface area contributed by atoms with Crippen molar-refractivity contribution in [1.82, 2.24) is 4.57 Å². The van der Waals surface area contributed by atoms with Gasteiger partial charge in [0.1, 0.15) is 11.2 Å². The van der Waals surface area contributed by atoms with E-state index in [0.29, 0.717) is 0 Å². The quantitative estimate of drug-likeness (QED) is 0.236. The van der Waals surface area contributed by atoms with E-state index in [1.165, 1.54) is 55.3 Å². The topological polar surface area (TPSA) is 18.1 Å². The Labute approximate surface area is 226 Å². The Balaban J connectivity index is 1.36. The Hall–Kier alpha value is -5.08. The van der Waals surface area contributed by atoms with Gasteiger partial charge in [-0.25, -0.2) is 0 Å². The maximum atomic E-state index is 6.07. The number of furan rings is 1. The minimum atomic E-state index is 0.920. The molecule has 2 aromatic heterocycles. The fourth-order valence-electron chi connectivity index (χ4n) is 6.06. The summed E-state index contributed by atoms with van der Waals surface area (Å²) in [7, 11) is 0. The summed E-state index contributed by atoms with van der Waals surface area (Å²) >= 11 is 0. The van der Waals surface area contributed by atoms with Crippen LogP contribution in [0, 0.1) is 6.92 Å². The van der Waals surface area contributed by atoms with Crippen LogP contribution in [0.2, 0.25) is 0 Å². The minimum Gasteiger partial charge on any atom is -0.456 e. The molecule has 2 nitrogen and oxygen atoms in total.